The first kappa shape index (κ1) is 20.7. The Bertz CT molecular complexity index is 897. The van der Waals surface area contributed by atoms with Gasteiger partial charge in [0.1, 0.15) is 0 Å². The largest absolute Gasteiger partial charge is 0.493 e. The molecule has 0 saturated carbocycles. The third kappa shape index (κ3) is 4.19. The highest BCUT2D eigenvalue weighted by Gasteiger charge is 2.28. The number of ether oxygens (including phenoxy) is 2. The molecule has 2 heterocycles. The van der Waals surface area contributed by atoms with Crippen LogP contribution in [-0.2, 0) is 12.8 Å². The fraction of sp³-hybridized carbons (Fsp3) is 0.524. The van der Waals surface area contributed by atoms with E-state index in [0.29, 0.717) is 22.7 Å². The number of halogens is 1. The number of hydrogen-bond acceptors (Lipinski definition) is 4. The van der Waals surface area contributed by atoms with Crippen LogP contribution in [0.5, 0.6) is 11.5 Å². The van der Waals surface area contributed by atoms with Gasteiger partial charge in [-0.3, -0.25) is 9.36 Å². The monoisotopic (exact) mass is 449 g/mol. The van der Waals surface area contributed by atoms with E-state index < -0.39 is 0 Å². The van der Waals surface area contributed by atoms with E-state index in [0.717, 1.165) is 35.5 Å². The van der Waals surface area contributed by atoms with E-state index in [1.54, 1.807) is 7.11 Å². The number of rotatable bonds is 5. The van der Waals surface area contributed by atoms with Crippen molar-refractivity contribution in [3.05, 3.63) is 33.8 Å². The molecule has 0 fully saturated rings. The molecule has 0 bridgehead atoms. The predicted molar refractivity (Wildman–Crippen MR) is 113 cm³/mol. The zero-order chi connectivity index (χ0) is 20.6. The number of nitrogens with one attached hydrogen (secondary N) is 1. The fourth-order valence-electron chi connectivity index (χ4n) is 3.27. The molecule has 0 atom stereocenters. The predicted octanol–water partition coefficient (Wildman–Crippen LogP) is 4.31. The average molecular weight is 450 g/mol. The Labute approximate surface area is 174 Å². The van der Waals surface area contributed by atoms with Gasteiger partial charge in [0, 0.05) is 12.6 Å². The molecule has 1 aliphatic heterocycles. The molecule has 1 aromatic heterocycles. The number of nitrogens with zero attached hydrogens (tertiary/aromatic N) is 2. The minimum Gasteiger partial charge on any atom is -0.493 e. The molecule has 1 aromatic carbocycles. The number of hydrogen-bond donors (Lipinski definition) is 1. The van der Waals surface area contributed by atoms with Crippen LogP contribution in [0.3, 0.4) is 0 Å². The van der Waals surface area contributed by atoms with Crippen molar-refractivity contribution in [2.24, 2.45) is 5.41 Å². The van der Waals surface area contributed by atoms with E-state index in [2.05, 4.69) is 47.0 Å². The summed E-state index contributed by atoms with van der Waals surface area (Å²) in [5.74, 6) is 1.26. The van der Waals surface area contributed by atoms with Gasteiger partial charge >= 0.3 is 0 Å². The van der Waals surface area contributed by atoms with Gasteiger partial charge in [0.05, 0.1) is 24.6 Å². The zero-order valence-corrected chi connectivity index (χ0v) is 18.9. The number of imidazole rings is 1. The van der Waals surface area contributed by atoms with Crippen LogP contribution in [-0.4, -0.2) is 35.2 Å². The Hall–Kier alpha value is -2.02. The maximum absolute atomic E-state index is 12.7. The van der Waals surface area contributed by atoms with Crippen LogP contribution >= 0.6 is 15.9 Å². The first-order valence-corrected chi connectivity index (χ1v) is 10.3. The Kier molecular flexibility index (Phi) is 5.75. The summed E-state index contributed by atoms with van der Waals surface area (Å²) in [6.45, 7) is 10.8. The number of amides is 1. The lowest BCUT2D eigenvalue weighted by Gasteiger charge is -2.23. The number of aromatic nitrogens is 2. The van der Waals surface area contributed by atoms with Crippen molar-refractivity contribution in [3.8, 4) is 17.2 Å². The van der Waals surface area contributed by atoms with Gasteiger partial charge in [0.2, 0.25) is 0 Å². The SMILES string of the molecule is COc1cc2c(cc1OC(C)C)-n1c(Br)nc(C(=O)NCC(C)(C)C)c1CC2. The molecule has 0 aliphatic carbocycles. The second-order valence-electron chi connectivity index (χ2n) is 8.55. The van der Waals surface area contributed by atoms with Crippen LogP contribution in [0.4, 0.5) is 0 Å². The summed E-state index contributed by atoms with van der Waals surface area (Å²) in [6, 6.07) is 3.99. The van der Waals surface area contributed by atoms with Gasteiger partial charge in [-0.2, -0.15) is 0 Å². The summed E-state index contributed by atoms with van der Waals surface area (Å²) in [7, 11) is 1.65. The van der Waals surface area contributed by atoms with Crippen LogP contribution in [0.1, 0.15) is 56.4 Å². The van der Waals surface area contributed by atoms with Crippen molar-refractivity contribution in [3.63, 3.8) is 0 Å². The van der Waals surface area contributed by atoms with Crippen LogP contribution in [0, 0.1) is 5.41 Å². The minimum absolute atomic E-state index is 0.0128. The normalized spacial score (nSPS) is 13.1. The summed E-state index contributed by atoms with van der Waals surface area (Å²) in [6.07, 6.45) is 1.57. The Morgan fingerprint density at radius 3 is 2.61 bits per heavy atom. The van der Waals surface area contributed by atoms with Gasteiger partial charge in [0.25, 0.3) is 5.91 Å². The van der Waals surface area contributed by atoms with Crippen molar-refractivity contribution in [1.29, 1.82) is 0 Å². The number of fused-ring (bicyclic) bond motifs is 3. The molecule has 2 aromatic rings. The Balaban J connectivity index is 2.02. The van der Waals surface area contributed by atoms with Gasteiger partial charge in [0.15, 0.2) is 21.9 Å². The van der Waals surface area contributed by atoms with E-state index >= 15 is 0 Å². The molecule has 7 heteroatoms. The summed E-state index contributed by atoms with van der Waals surface area (Å²) >= 11 is 3.54. The molecule has 1 N–H and O–H groups in total. The van der Waals surface area contributed by atoms with Crippen molar-refractivity contribution >= 4 is 21.8 Å². The van der Waals surface area contributed by atoms with E-state index in [1.165, 1.54) is 0 Å². The van der Waals surface area contributed by atoms with Gasteiger partial charge in [-0.05, 0) is 59.7 Å². The summed E-state index contributed by atoms with van der Waals surface area (Å²) < 4.78 is 14.1. The van der Waals surface area contributed by atoms with Crippen molar-refractivity contribution in [2.75, 3.05) is 13.7 Å². The average Bonchev–Trinajstić information content (AvgIpc) is 2.95. The lowest BCUT2D eigenvalue weighted by atomic mass is 9.96. The van der Waals surface area contributed by atoms with E-state index in [9.17, 15) is 4.79 Å². The maximum atomic E-state index is 12.7. The Morgan fingerprint density at radius 2 is 2.00 bits per heavy atom. The standard InChI is InChI=1S/C21H28BrN3O3/c1-12(2)28-17-10-15-13(9-16(17)27-6)7-8-14-18(24-20(22)25(14)15)19(26)23-11-21(3,4)5/h9-10,12H,7-8,11H2,1-6H3,(H,23,26). The summed E-state index contributed by atoms with van der Waals surface area (Å²) in [5, 5.41) is 3.00. The van der Waals surface area contributed by atoms with E-state index in [4.69, 9.17) is 9.47 Å². The van der Waals surface area contributed by atoms with Gasteiger partial charge in [-0.25, -0.2) is 4.98 Å². The highest BCUT2D eigenvalue weighted by atomic mass is 79.9. The van der Waals surface area contributed by atoms with Gasteiger partial charge in [-0.1, -0.05) is 20.8 Å². The van der Waals surface area contributed by atoms with Crippen molar-refractivity contribution in [1.82, 2.24) is 14.9 Å². The molecule has 28 heavy (non-hydrogen) atoms. The highest BCUT2D eigenvalue weighted by molar-refractivity contribution is 9.10. The van der Waals surface area contributed by atoms with Gasteiger partial charge < -0.3 is 14.8 Å². The van der Waals surface area contributed by atoms with E-state index in [-0.39, 0.29) is 17.4 Å². The second-order valence-corrected chi connectivity index (χ2v) is 9.26. The fourth-order valence-corrected chi connectivity index (χ4v) is 3.85. The second kappa shape index (κ2) is 7.78. The molecule has 1 amide bonds. The molecule has 6 nitrogen and oxygen atoms in total. The Morgan fingerprint density at radius 1 is 1.29 bits per heavy atom. The molecule has 0 radical (unpaired) electrons. The summed E-state index contributed by atoms with van der Waals surface area (Å²) in [4.78, 5) is 17.3. The molecule has 1 aliphatic rings. The molecule has 0 saturated heterocycles. The first-order valence-electron chi connectivity index (χ1n) is 9.54. The minimum atomic E-state index is -0.139. The molecule has 152 valence electrons. The third-order valence-corrected chi connectivity index (χ3v) is 5.06. The van der Waals surface area contributed by atoms with Crippen LogP contribution in [0.2, 0.25) is 0 Å². The van der Waals surface area contributed by atoms with E-state index in [1.807, 2.05) is 30.5 Å². The number of aryl methyl sites for hydroxylation is 1. The molecule has 3 rings (SSSR count). The number of carbonyl (C=O) groups is 1. The first-order chi connectivity index (χ1) is 13.1. The topological polar surface area (TPSA) is 65.4 Å². The maximum Gasteiger partial charge on any atom is 0.271 e. The van der Waals surface area contributed by atoms with Crippen LogP contribution < -0.4 is 14.8 Å². The molecule has 0 spiro atoms. The number of methoxy groups -OCH3 is 1. The smallest absolute Gasteiger partial charge is 0.271 e. The zero-order valence-electron chi connectivity index (χ0n) is 17.4. The lowest BCUT2D eigenvalue weighted by Crippen LogP contribution is -2.33. The van der Waals surface area contributed by atoms with Crippen molar-refractivity contribution in [2.45, 2.75) is 53.6 Å². The molecular weight excluding hydrogens is 422 g/mol. The van der Waals surface area contributed by atoms with Crippen LogP contribution in [0.15, 0.2) is 16.9 Å². The molecular formula is C21H28BrN3O3. The lowest BCUT2D eigenvalue weighted by molar-refractivity contribution is 0.0933. The summed E-state index contributed by atoms with van der Waals surface area (Å²) in [5.41, 5.74) is 3.50. The number of benzene rings is 1. The van der Waals surface area contributed by atoms with Gasteiger partial charge in [-0.15, -0.1) is 0 Å². The van der Waals surface area contributed by atoms with Crippen molar-refractivity contribution < 1.29 is 14.3 Å². The highest BCUT2D eigenvalue weighted by Crippen LogP contribution is 2.38. The number of carbonyl (C=O) groups excluding carboxylic acids is 1. The molecule has 0 unspecified atom stereocenters. The third-order valence-electron chi connectivity index (χ3n) is 4.53. The quantitative estimate of drug-likeness (QED) is 0.738. The van der Waals surface area contributed by atoms with Crippen LogP contribution in [0.25, 0.3) is 5.69 Å².